The topological polar surface area (TPSA) is 72.4 Å². The van der Waals surface area contributed by atoms with Crippen LogP contribution in [0.4, 0.5) is 5.69 Å². The highest BCUT2D eigenvalue weighted by atomic mass is 35.5. The van der Waals surface area contributed by atoms with Crippen molar-refractivity contribution in [3.63, 3.8) is 0 Å². The quantitative estimate of drug-likeness (QED) is 0.181. The van der Waals surface area contributed by atoms with Crippen LogP contribution < -0.4 is 11.1 Å². The molecular weight excluding hydrogens is 459 g/mol. The van der Waals surface area contributed by atoms with Crippen LogP contribution in [0.2, 0.25) is 10.0 Å². The first-order valence-corrected chi connectivity index (χ1v) is 10.8. The number of nitrogens with zero attached hydrogens (tertiary/aromatic N) is 3. The predicted molar refractivity (Wildman–Crippen MR) is 133 cm³/mol. The third-order valence-electron chi connectivity index (χ3n) is 4.98. The lowest BCUT2D eigenvalue weighted by atomic mass is 10.1. The average molecular weight is 475 g/mol. The summed E-state index contributed by atoms with van der Waals surface area (Å²) in [5.74, 6) is 0. The SMILES string of the molecule is O=c1oc2ccccc2cc1-c1nn(-c2ccccc2)cc1/C=N\Nc1ccc(Cl)c(Cl)c1. The molecule has 0 aliphatic rings. The molecule has 5 aromatic rings. The summed E-state index contributed by atoms with van der Waals surface area (Å²) in [6.45, 7) is 0. The van der Waals surface area contributed by atoms with Gasteiger partial charge in [-0.2, -0.15) is 10.2 Å². The van der Waals surface area contributed by atoms with Crippen LogP contribution in [0.3, 0.4) is 0 Å². The number of benzene rings is 3. The summed E-state index contributed by atoms with van der Waals surface area (Å²) in [5.41, 5.74) is 5.92. The Bertz CT molecular complexity index is 1540. The lowest BCUT2D eigenvalue weighted by Crippen LogP contribution is -2.05. The first kappa shape index (κ1) is 21.0. The minimum atomic E-state index is -0.473. The van der Waals surface area contributed by atoms with Crippen molar-refractivity contribution in [2.75, 3.05) is 5.43 Å². The molecule has 0 amide bonds. The summed E-state index contributed by atoms with van der Waals surface area (Å²) in [6.07, 6.45) is 3.40. The molecule has 0 aliphatic carbocycles. The fourth-order valence-electron chi connectivity index (χ4n) is 3.37. The lowest BCUT2D eigenvalue weighted by Gasteiger charge is -2.02. The zero-order valence-corrected chi connectivity index (χ0v) is 18.6. The predicted octanol–water partition coefficient (Wildman–Crippen LogP) is 6.40. The number of hydrazone groups is 1. The molecule has 8 heteroatoms. The fourth-order valence-corrected chi connectivity index (χ4v) is 3.67. The zero-order chi connectivity index (χ0) is 22.8. The normalized spacial score (nSPS) is 11.3. The van der Waals surface area contributed by atoms with E-state index in [2.05, 4.69) is 15.6 Å². The van der Waals surface area contributed by atoms with Crippen molar-refractivity contribution in [1.29, 1.82) is 0 Å². The Morgan fingerprint density at radius 3 is 2.55 bits per heavy atom. The molecule has 3 aromatic carbocycles. The van der Waals surface area contributed by atoms with Gasteiger partial charge in [-0.25, -0.2) is 9.48 Å². The molecule has 2 aromatic heterocycles. The maximum Gasteiger partial charge on any atom is 0.345 e. The van der Waals surface area contributed by atoms with Gasteiger partial charge in [-0.05, 0) is 42.5 Å². The van der Waals surface area contributed by atoms with Crippen molar-refractivity contribution in [2.24, 2.45) is 5.10 Å². The molecule has 0 unspecified atom stereocenters. The van der Waals surface area contributed by atoms with Crippen LogP contribution in [0.15, 0.2) is 99.4 Å². The highest BCUT2D eigenvalue weighted by Crippen LogP contribution is 2.26. The summed E-state index contributed by atoms with van der Waals surface area (Å²) in [6, 6.07) is 23.9. The van der Waals surface area contributed by atoms with Crippen LogP contribution in [0.1, 0.15) is 5.56 Å². The van der Waals surface area contributed by atoms with Crippen LogP contribution in [0.5, 0.6) is 0 Å². The molecule has 0 saturated carbocycles. The van der Waals surface area contributed by atoms with Crippen molar-refractivity contribution in [1.82, 2.24) is 9.78 Å². The molecule has 0 fully saturated rings. The number of nitrogens with one attached hydrogen (secondary N) is 1. The van der Waals surface area contributed by atoms with Gasteiger partial charge in [-0.15, -0.1) is 0 Å². The third kappa shape index (κ3) is 4.39. The number of halogens is 2. The van der Waals surface area contributed by atoms with E-state index >= 15 is 0 Å². The van der Waals surface area contributed by atoms with Gasteiger partial charge >= 0.3 is 5.63 Å². The second kappa shape index (κ2) is 8.94. The molecular formula is C25H16Cl2N4O2. The summed E-state index contributed by atoms with van der Waals surface area (Å²) in [7, 11) is 0. The zero-order valence-electron chi connectivity index (χ0n) is 17.1. The standard InChI is InChI=1S/C25H16Cl2N4O2/c26-21-11-10-18(13-22(21)27)29-28-14-17-15-31(19-7-2-1-3-8-19)30-24(17)20-12-16-6-4-5-9-23(16)33-25(20)32/h1-15,29H/b28-14-. The molecule has 33 heavy (non-hydrogen) atoms. The van der Waals surface area contributed by atoms with Crippen molar-refractivity contribution in [3.05, 3.63) is 111 Å². The van der Waals surface area contributed by atoms with E-state index in [4.69, 9.17) is 27.6 Å². The average Bonchev–Trinajstić information content (AvgIpc) is 3.25. The Kier molecular flexibility index (Phi) is 5.69. The minimum absolute atomic E-state index is 0.347. The Morgan fingerprint density at radius 1 is 0.939 bits per heavy atom. The van der Waals surface area contributed by atoms with Gasteiger partial charge in [0, 0.05) is 17.1 Å². The number of hydrogen-bond donors (Lipinski definition) is 1. The van der Waals surface area contributed by atoms with Crippen molar-refractivity contribution >= 4 is 46.1 Å². The van der Waals surface area contributed by atoms with Crippen molar-refractivity contribution in [3.8, 4) is 16.9 Å². The smallest absolute Gasteiger partial charge is 0.345 e. The molecule has 0 atom stereocenters. The number of para-hydroxylation sites is 2. The molecule has 0 bridgehead atoms. The number of anilines is 1. The minimum Gasteiger partial charge on any atom is -0.422 e. The van der Waals surface area contributed by atoms with Crippen LogP contribution >= 0.6 is 23.2 Å². The van der Waals surface area contributed by atoms with Gasteiger partial charge in [-0.3, -0.25) is 5.43 Å². The van der Waals surface area contributed by atoms with E-state index in [1.807, 2.05) is 48.5 Å². The molecule has 0 radical (unpaired) electrons. The van der Waals surface area contributed by atoms with E-state index in [0.717, 1.165) is 11.1 Å². The second-order valence-electron chi connectivity index (χ2n) is 7.20. The van der Waals surface area contributed by atoms with Gasteiger partial charge in [0.05, 0.1) is 33.2 Å². The van der Waals surface area contributed by atoms with Crippen LogP contribution in [0, 0.1) is 0 Å². The molecule has 5 rings (SSSR count). The number of rotatable bonds is 5. The fraction of sp³-hybridized carbons (Fsp3) is 0. The summed E-state index contributed by atoms with van der Waals surface area (Å²) in [5, 5.41) is 10.7. The highest BCUT2D eigenvalue weighted by molar-refractivity contribution is 6.42. The largest absolute Gasteiger partial charge is 0.422 e. The monoisotopic (exact) mass is 474 g/mol. The number of hydrogen-bond acceptors (Lipinski definition) is 5. The van der Waals surface area contributed by atoms with Gasteiger partial charge in [0.15, 0.2) is 0 Å². The summed E-state index contributed by atoms with van der Waals surface area (Å²) >= 11 is 12.0. The lowest BCUT2D eigenvalue weighted by molar-refractivity contribution is 0.563. The van der Waals surface area contributed by atoms with Crippen LogP contribution in [0.25, 0.3) is 27.9 Å². The van der Waals surface area contributed by atoms with E-state index in [-0.39, 0.29) is 0 Å². The van der Waals surface area contributed by atoms with Gasteiger partial charge in [0.2, 0.25) is 0 Å². The molecule has 0 aliphatic heterocycles. The Labute approximate surface area is 198 Å². The molecule has 6 nitrogen and oxygen atoms in total. The molecule has 162 valence electrons. The first-order valence-electron chi connectivity index (χ1n) is 10.0. The van der Waals surface area contributed by atoms with Crippen LogP contribution in [-0.2, 0) is 0 Å². The van der Waals surface area contributed by atoms with E-state index < -0.39 is 5.63 Å². The van der Waals surface area contributed by atoms with Gasteiger partial charge in [-0.1, -0.05) is 59.6 Å². The Hall–Kier alpha value is -3.87. The summed E-state index contributed by atoms with van der Waals surface area (Å²) < 4.78 is 7.22. The highest BCUT2D eigenvalue weighted by Gasteiger charge is 2.16. The van der Waals surface area contributed by atoms with Crippen molar-refractivity contribution in [2.45, 2.75) is 0 Å². The van der Waals surface area contributed by atoms with E-state index in [1.165, 1.54) is 0 Å². The molecule has 0 spiro atoms. The first-order chi connectivity index (χ1) is 16.1. The van der Waals surface area contributed by atoms with Gasteiger partial charge < -0.3 is 4.42 Å². The maximum atomic E-state index is 12.8. The Balaban J connectivity index is 1.58. The number of aromatic nitrogens is 2. The molecule has 2 heterocycles. The molecule has 1 N–H and O–H groups in total. The van der Waals surface area contributed by atoms with Gasteiger partial charge in [0.25, 0.3) is 0 Å². The second-order valence-corrected chi connectivity index (χ2v) is 8.01. The van der Waals surface area contributed by atoms with Crippen molar-refractivity contribution < 1.29 is 4.42 Å². The van der Waals surface area contributed by atoms with E-state index in [9.17, 15) is 4.79 Å². The van der Waals surface area contributed by atoms with Gasteiger partial charge in [0.1, 0.15) is 11.3 Å². The van der Waals surface area contributed by atoms with E-state index in [1.54, 1.807) is 47.4 Å². The molecule has 0 saturated heterocycles. The third-order valence-corrected chi connectivity index (χ3v) is 5.72. The Morgan fingerprint density at radius 2 is 1.73 bits per heavy atom. The van der Waals surface area contributed by atoms with E-state index in [0.29, 0.717) is 38.1 Å². The van der Waals surface area contributed by atoms with Crippen LogP contribution in [-0.4, -0.2) is 16.0 Å². The number of fused-ring (bicyclic) bond motifs is 1. The maximum absolute atomic E-state index is 12.8. The summed E-state index contributed by atoms with van der Waals surface area (Å²) in [4.78, 5) is 12.8.